The summed E-state index contributed by atoms with van der Waals surface area (Å²) in [6.45, 7) is 2.02. The molecule has 1 aromatic carbocycles. The zero-order valence-corrected chi connectivity index (χ0v) is 7.84. The minimum atomic E-state index is 0.589. The SMILES string of the molecule is Cc1cccc(-n2cc(C=O)cn2)c1. The molecule has 1 aromatic heterocycles. The Kier molecular flexibility index (Phi) is 2.14. The summed E-state index contributed by atoms with van der Waals surface area (Å²) < 4.78 is 1.69. The van der Waals surface area contributed by atoms with Crippen molar-refractivity contribution in [2.24, 2.45) is 0 Å². The summed E-state index contributed by atoms with van der Waals surface area (Å²) in [6.07, 6.45) is 4.05. The first-order chi connectivity index (χ1) is 6.79. The summed E-state index contributed by atoms with van der Waals surface area (Å²) in [7, 11) is 0. The molecule has 0 aliphatic heterocycles. The summed E-state index contributed by atoms with van der Waals surface area (Å²) in [4.78, 5) is 10.5. The lowest BCUT2D eigenvalue weighted by molar-refractivity contribution is 0.112. The first-order valence-electron chi connectivity index (χ1n) is 4.36. The maximum atomic E-state index is 10.5. The van der Waals surface area contributed by atoms with E-state index in [4.69, 9.17) is 0 Å². The van der Waals surface area contributed by atoms with Crippen molar-refractivity contribution < 1.29 is 4.79 Å². The van der Waals surface area contributed by atoms with Gasteiger partial charge >= 0.3 is 0 Å². The fourth-order valence-corrected chi connectivity index (χ4v) is 1.31. The Hall–Kier alpha value is -1.90. The molecular weight excluding hydrogens is 176 g/mol. The molecule has 1 heterocycles. The molecule has 0 saturated carbocycles. The molecule has 70 valence electrons. The van der Waals surface area contributed by atoms with Gasteiger partial charge in [-0.05, 0) is 24.6 Å². The monoisotopic (exact) mass is 186 g/mol. The normalized spacial score (nSPS) is 10.1. The summed E-state index contributed by atoms with van der Waals surface area (Å²) in [5.41, 5.74) is 2.73. The van der Waals surface area contributed by atoms with E-state index in [0.29, 0.717) is 5.56 Å². The molecule has 0 saturated heterocycles. The van der Waals surface area contributed by atoms with Crippen molar-refractivity contribution in [2.75, 3.05) is 0 Å². The first-order valence-corrected chi connectivity index (χ1v) is 4.36. The average molecular weight is 186 g/mol. The van der Waals surface area contributed by atoms with E-state index in [1.54, 1.807) is 17.1 Å². The van der Waals surface area contributed by atoms with Gasteiger partial charge in [0.15, 0.2) is 6.29 Å². The maximum Gasteiger partial charge on any atom is 0.153 e. The minimum Gasteiger partial charge on any atom is -0.298 e. The van der Waals surface area contributed by atoms with Crippen LogP contribution in [0.2, 0.25) is 0 Å². The van der Waals surface area contributed by atoms with Gasteiger partial charge in [-0.3, -0.25) is 4.79 Å². The van der Waals surface area contributed by atoms with Crippen molar-refractivity contribution in [3.05, 3.63) is 47.8 Å². The molecule has 0 aliphatic carbocycles. The van der Waals surface area contributed by atoms with Crippen molar-refractivity contribution in [3.63, 3.8) is 0 Å². The van der Waals surface area contributed by atoms with Crippen molar-refractivity contribution in [3.8, 4) is 5.69 Å². The van der Waals surface area contributed by atoms with E-state index in [-0.39, 0.29) is 0 Å². The molecule has 0 atom stereocenters. The molecule has 0 amide bonds. The fourth-order valence-electron chi connectivity index (χ4n) is 1.31. The van der Waals surface area contributed by atoms with Crippen LogP contribution in [0.15, 0.2) is 36.7 Å². The number of hydrogen-bond acceptors (Lipinski definition) is 2. The number of benzene rings is 1. The number of hydrogen-bond donors (Lipinski definition) is 0. The second-order valence-corrected chi connectivity index (χ2v) is 3.18. The second-order valence-electron chi connectivity index (χ2n) is 3.18. The summed E-state index contributed by atoms with van der Waals surface area (Å²) in [6, 6.07) is 7.96. The molecular formula is C11H10N2O. The third-order valence-electron chi connectivity index (χ3n) is 2.00. The molecule has 2 rings (SSSR count). The molecule has 14 heavy (non-hydrogen) atoms. The highest BCUT2D eigenvalue weighted by Crippen LogP contribution is 2.09. The van der Waals surface area contributed by atoms with Crippen LogP contribution in [0.4, 0.5) is 0 Å². The van der Waals surface area contributed by atoms with E-state index in [9.17, 15) is 4.79 Å². The largest absolute Gasteiger partial charge is 0.298 e. The Morgan fingerprint density at radius 1 is 1.43 bits per heavy atom. The van der Waals surface area contributed by atoms with Gasteiger partial charge < -0.3 is 0 Å². The zero-order valence-electron chi connectivity index (χ0n) is 7.84. The van der Waals surface area contributed by atoms with Crippen molar-refractivity contribution in [2.45, 2.75) is 6.92 Å². The zero-order chi connectivity index (χ0) is 9.97. The first kappa shape index (κ1) is 8.69. The molecule has 0 bridgehead atoms. The molecule has 0 unspecified atom stereocenters. The smallest absolute Gasteiger partial charge is 0.153 e. The fraction of sp³-hybridized carbons (Fsp3) is 0.0909. The molecule has 0 spiro atoms. The predicted octanol–water partition coefficient (Wildman–Crippen LogP) is 1.99. The quantitative estimate of drug-likeness (QED) is 0.672. The number of aldehydes is 1. The van der Waals surface area contributed by atoms with Crippen molar-refractivity contribution in [1.82, 2.24) is 9.78 Å². The maximum absolute atomic E-state index is 10.5. The Bertz CT molecular complexity index is 460. The summed E-state index contributed by atoms with van der Waals surface area (Å²) in [5.74, 6) is 0. The van der Waals surface area contributed by atoms with Gasteiger partial charge in [0.25, 0.3) is 0 Å². The third kappa shape index (κ3) is 1.57. The van der Waals surface area contributed by atoms with Crippen molar-refractivity contribution in [1.29, 1.82) is 0 Å². The van der Waals surface area contributed by atoms with Crippen LogP contribution >= 0.6 is 0 Å². The van der Waals surface area contributed by atoms with Gasteiger partial charge in [-0.2, -0.15) is 5.10 Å². The van der Waals surface area contributed by atoms with E-state index in [1.807, 2.05) is 31.2 Å². The molecule has 2 aromatic rings. The van der Waals surface area contributed by atoms with E-state index in [1.165, 1.54) is 5.56 Å². The standard InChI is InChI=1S/C11H10N2O/c1-9-3-2-4-11(5-9)13-7-10(8-14)6-12-13/h2-8H,1H3. The lowest BCUT2D eigenvalue weighted by atomic mass is 10.2. The van der Waals surface area contributed by atoms with E-state index in [2.05, 4.69) is 5.10 Å². The topological polar surface area (TPSA) is 34.9 Å². The van der Waals surface area contributed by atoms with Crippen LogP contribution in [0.5, 0.6) is 0 Å². The Balaban J connectivity index is 2.43. The number of carbonyl (C=O) groups is 1. The minimum absolute atomic E-state index is 0.589. The molecule has 0 fully saturated rings. The Labute approximate surface area is 82.0 Å². The molecule has 0 aliphatic rings. The molecule has 3 nitrogen and oxygen atoms in total. The average Bonchev–Trinajstić information content (AvgIpc) is 2.66. The van der Waals surface area contributed by atoms with Crippen LogP contribution in [0.1, 0.15) is 15.9 Å². The van der Waals surface area contributed by atoms with E-state index < -0.39 is 0 Å². The van der Waals surface area contributed by atoms with Gasteiger partial charge in [-0.15, -0.1) is 0 Å². The van der Waals surface area contributed by atoms with Gasteiger partial charge in [0.1, 0.15) is 0 Å². The van der Waals surface area contributed by atoms with Gasteiger partial charge in [0.2, 0.25) is 0 Å². The van der Waals surface area contributed by atoms with Crippen molar-refractivity contribution >= 4 is 6.29 Å². The highest BCUT2D eigenvalue weighted by atomic mass is 16.1. The molecule has 3 heteroatoms. The lowest BCUT2D eigenvalue weighted by Crippen LogP contribution is -1.93. The van der Waals surface area contributed by atoms with Gasteiger partial charge in [-0.25, -0.2) is 4.68 Å². The van der Waals surface area contributed by atoms with Crippen LogP contribution in [0.25, 0.3) is 5.69 Å². The number of aromatic nitrogens is 2. The van der Waals surface area contributed by atoms with Gasteiger partial charge in [0.05, 0.1) is 17.4 Å². The molecule has 0 radical (unpaired) electrons. The summed E-state index contributed by atoms with van der Waals surface area (Å²) in [5, 5.41) is 4.08. The number of nitrogens with zero attached hydrogens (tertiary/aromatic N) is 2. The Morgan fingerprint density at radius 2 is 2.29 bits per heavy atom. The lowest BCUT2D eigenvalue weighted by Gasteiger charge is -2.00. The van der Waals surface area contributed by atoms with E-state index >= 15 is 0 Å². The summed E-state index contributed by atoms with van der Waals surface area (Å²) >= 11 is 0. The van der Waals surface area contributed by atoms with Crippen LogP contribution in [0, 0.1) is 6.92 Å². The van der Waals surface area contributed by atoms with Crippen LogP contribution in [-0.2, 0) is 0 Å². The highest BCUT2D eigenvalue weighted by Gasteiger charge is 1.99. The number of aryl methyl sites for hydroxylation is 1. The third-order valence-corrected chi connectivity index (χ3v) is 2.00. The van der Waals surface area contributed by atoms with Crippen LogP contribution in [0.3, 0.4) is 0 Å². The molecule has 0 N–H and O–H groups in total. The van der Waals surface area contributed by atoms with E-state index in [0.717, 1.165) is 12.0 Å². The predicted molar refractivity (Wildman–Crippen MR) is 53.7 cm³/mol. The number of rotatable bonds is 2. The Morgan fingerprint density at radius 3 is 2.93 bits per heavy atom. The number of carbonyl (C=O) groups excluding carboxylic acids is 1. The van der Waals surface area contributed by atoms with Crippen LogP contribution in [-0.4, -0.2) is 16.1 Å². The van der Waals surface area contributed by atoms with Gasteiger partial charge in [0, 0.05) is 6.20 Å². The highest BCUT2D eigenvalue weighted by molar-refractivity contribution is 5.73. The van der Waals surface area contributed by atoms with Gasteiger partial charge in [-0.1, -0.05) is 12.1 Å². The second kappa shape index (κ2) is 3.46. The van der Waals surface area contributed by atoms with Crippen LogP contribution < -0.4 is 0 Å².